The van der Waals surface area contributed by atoms with E-state index in [9.17, 15) is 4.79 Å². The summed E-state index contributed by atoms with van der Waals surface area (Å²) in [5, 5.41) is 9.04. The first kappa shape index (κ1) is 14.5. The summed E-state index contributed by atoms with van der Waals surface area (Å²) < 4.78 is 6.07. The van der Waals surface area contributed by atoms with Gasteiger partial charge in [-0.05, 0) is 39.7 Å². The highest BCUT2D eigenvalue weighted by Crippen LogP contribution is 2.24. The van der Waals surface area contributed by atoms with Crippen molar-refractivity contribution in [2.24, 2.45) is 0 Å². The topological polar surface area (TPSA) is 50.1 Å². The van der Waals surface area contributed by atoms with Crippen LogP contribution in [0.15, 0.2) is 51.8 Å². The molecule has 5 heteroatoms. The number of esters is 1. The lowest BCUT2D eigenvalue weighted by Gasteiger charge is -2.03. The predicted molar refractivity (Wildman–Crippen MR) is 81.8 cm³/mol. The Bertz CT molecular complexity index is 671. The van der Waals surface area contributed by atoms with E-state index in [0.29, 0.717) is 0 Å². The quantitative estimate of drug-likeness (QED) is 0.474. The van der Waals surface area contributed by atoms with Crippen molar-refractivity contribution in [3.63, 3.8) is 0 Å². The molecule has 0 radical (unpaired) electrons. The first-order chi connectivity index (χ1) is 9.69. The Morgan fingerprint density at radius 2 is 2.05 bits per heavy atom. The molecule has 1 aromatic carbocycles. The van der Waals surface area contributed by atoms with Crippen molar-refractivity contribution in [2.45, 2.75) is 6.61 Å². The van der Waals surface area contributed by atoms with Crippen LogP contribution in [0, 0.1) is 11.3 Å². The van der Waals surface area contributed by atoms with Gasteiger partial charge in [-0.2, -0.15) is 5.26 Å². The fourth-order valence-corrected chi connectivity index (χ4v) is 2.85. The zero-order valence-electron chi connectivity index (χ0n) is 10.4. The highest BCUT2D eigenvalue weighted by Gasteiger charge is 2.11. The van der Waals surface area contributed by atoms with Crippen LogP contribution >= 0.6 is 27.3 Å². The number of benzene rings is 1. The van der Waals surface area contributed by atoms with Crippen molar-refractivity contribution in [1.29, 1.82) is 5.26 Å². The number of hydrogen-bond acceptors (Lipinski definition) is 4. The molecule has 3 nitrogen and oxygen atoms in total. The Hall–Kier alpha value is -1.90. The molecule has 20 heavy (non-hydrogen) atoms. The molecule has 0 aliphatic heterocycles. The van der Waals surface area contributed by atoms with Crippen molar-refractivity contribution in [2.75, 3.05) is 0 Å². The van der Waals surface area contributed by atoms with Crippen LogP contribution in [0.4, 0.5) is 0 Å². The molecule has 2 aromatic rings. The molecule has 0 aliphatic rings. The summed E-state index contributed by atoms with van der Waals surface area (Å²) in [6.07, 6.45) is 1.53. The molecule has 2 rings (SSSR count). The fourth-order valence-electron chi connectivity index (χ4n) is 1.49. The number of hydrogen-bond donors (Lipinski definition) is 0. The lowest BCUT2D eigenvalue weighted by atomic mass is 10.2. The largest absolute Gasteiger partial charge is 0.457 e. The number of carbonyl (C=O) groups is 1. The van der Waals surface area contributed by atoms with E-state index in [4.69, 9.17) is 10.00 Å². The van der Waals surface area contributed by atoms with Crippen LogP contribution in [-0.4, -0.2) is 5.97 Å². The zero-order valence-corrected chi connectivity index (χ0v) is 12.8. The predicted octanol–water partition coefficient (Wildman–Crippen LogP) is 4.16. The molecule has 0 unspecified atom stereocenters. The van der Waals surface area contributed by atoms with Crippen LogP contribution in [-0.2, 0) is 16.1 Å². The molecule has 0 saturated heterocycles. The van der Waals surface area contributed by atoms with Crippen LogP contribution in [0.25, 0.3) is 6.08 Å². The first-order valence-corrected chi connectivity index (χ1v) is 7.38. The van der Waals surface area contributed by atoms with Gasteiger partial charge >= 0.3 is 5.97 Å². The molecule has 0 saturated carbocycles. The molecule has 0 aliphatic carbocycles. The van der Waals surface area contributed by atoms with Crippen molar-refractivity contribution in [3.05, 3.63) is 62.3 Å². The van der Waals surface area contributed by atoms with Gasteiger partial charge in [0.2, 0.25) is 0 Å². The Kier molecular flexibility index (Phi) is 5.10. The number of ether oxygens (including phenoxy) is 1. The van der Waals surface area contributed by atoms with E-state index in [1.807, 2.05) is 48.5 Å². The third-order valence-electron chi connectivity index (χ3n) is 2.43. The molecular weight excluding hydrogens is 338 g/mol. The maximum Gasteiger partial charge on any atom is 0.349 e. The van der Waals surface area contributed by atoms with Gasteiger partial charge in [-0.1, -0.05) is 30.3 Å². The standard InChI is InChI=1S/C15H10BrNO2S/c16-14-7-6-13(20-14)8-12(9-17)15(18)19-10-11-4-2-1-3-5-11/h1-8H,10H2. The first-order valence-electron chi connectivity index (χ1n) is 5.77. The second kappa shape index (κ2) is 7.04. The third-order valence-corrected chi connectivity index (χ3v) is 4.00. The SMILES string of the molecule is N#CC(=Cc1ccc(Br)s1)C(=O)OCc1ccccc1. The number of nitrogens with zero attached hydrogens (tertiary/aromatic N) is 1. The van der Waals surface area contributed by atoms with Gasteiger partial charge in [0.05, 0.1) is 3.79 Å². The number of nitriles is 1. The summed E-state index contributed by atoms with van der Waals surface area (Å²) >= 11 is 4.78. The number of halogens is 1. The summed E-state index contributed by atoms with van der Waals surface area (Å²) in [7, 11) is 0. The Morgan fingerprint density at radius 3 is 2.65 bits per heavy atom. The lowest BCUT2D eigenvalue weighted by molar-refractivity contribution is -0.139. The second-order valence-electron chi connectivity index (χ2n) is 3.87. The summed E-state index contributed by atoms with van der Waals surface area (Å²) in [4.78, 5) is 12.7. The van der Waals surface area contributed by atoms with Gasteiger partial charge in [0.15, 0.2) is 0 Å². The van der Waals surface area contributed by atoms with Crippen LogP contribution < -0.4 is 0 Å². The van der Waals surface area contributed by atoms with E-state index < -0.39 is 5.97 Å². The third kappa shape index (κ3) is 4.05. The lowest BCUT2D eigenvalue weighted by Crippen LogP contribution is -2.06. The van der Waals surface area contributed by atoms with Gasteiger partial charge in [-0.3, -0.25) is 0 Å². The van der Waals surface area contributed by atoms with Crippen molar-refractivity contribution >= 4 is 39.3 Å². The minimum Gasteiger partial charge on any atom is -0.457 e. The van der Waals surface area contributed by atoms with Crippen molar-refractivity contribution in [1.82, 2.24) is 0 Å². The second-order valence-corrected chi connectivity index (χ2v) is 6.37. The zero-order chi connectivity index (χ0) is 14.4. The summed E-state index contributed by atoms with van der Waals surface area (Å²) in [6, 6.07) is 14.9. The van der Waals surface area contributed by atoms with Gasteiger partial charge in [-0.25, -0.2) is 4.79 Å². The van der Waals surface area contributed by atoms with E-state index in [-0.39, 0.29) is 12.2 Å². The minimum absolute atomic E-state index is 0.00437. The number of rotatable bonds is 4. The number of carbonyl (C=O) groups excluding carboxylic acids is 1. The van der Waals surface area contributed by atoms with Crippen molar-refractivity contribution < 1.29 is 9.53 Å². The van der Waals surface area contributed by atoms with Gasteiger partial charge < -0.3 is 4.74 Å². The number of thiophene rings is 1. The van der Waals surface area contributed by atoms with Crippen LogP contribution in [0.5, 0.6) is 0 Å². The Morgan fingerprint density at radius 1 is 1.30 bits per heavy atom. The normalized spacial score (nSPS) is 10.9. The molecule has 0 N–H and O–H groups in total. The maximum atomic E-state index is 11.8. The van der Waals surface area contributed by atoms with Gasteiger partial charge in [-0.15, -0.1) is 11.3 Å². The van der Waals surface area contributed by atoms with Gasteiger partial charge in [0.1, 0.15) is 18.2 Å². The smallest absolute Gasteiger partial charge is 0.349 e. The fraction of sp³-hybridized carbons (Fsp3) is 0.0667. The van der Waals surface area contributed by atoms with E-state index >= 15 is 0 Å². The summed E-state index contributed by atoms with van der Waals surface area (Å²) in [5.74, 6) is -0.610. The molecule has 0 spiro atoms. The van der Waals surface area contributed by atoms with Crippen LogP contribution in [0.2, 0.25) is 0 Å². The highest BCUT2D eigenvalue weighted by atomic mass is 79.9. The molecule has 1 aromatic heterocycles. The van der Waals surface area contributed by atoms with Crippen LogP contribution in [0.3, 0.4) is 0 Å². The average molecular weight is 348 g/mol. The minimum atomic E-state index is -0.610. The van der Waals surface area contributed by atoms with Crippen LogP contribution in [0.1, 0.15) is 10.4 Å². The molecule has 1 heterocycles. The van der Waals surface area contributed by atoms with E-state index in [2.05, 4.69) is 15.9 Å². The van der Waals surface area contributed by atoms with Gasteiger partial charge in [0, 0.05) is 4.88 Å². The molecule has 0 atom stereocenters. The maximum absolute atomic E-state index is 11.8. The summed E-state index contributed by atoms with van der Waals surface area (Å²) in [5.41, 5.74) is 0.882. The molecular formula is C15H10BrNO2S. The highest BCUT2D eigenvalue weighted by molar-refractivity contribution is 9.11. The monoisotopic (exact) mass is 347 g/mol. The summed E-state index contributed by atoms with van der Waals surface area (Å²) in [6.45, 7) is 0.160. The van der Waals surface area contributed by atoms with Gasteiger partial charge in [0.25, 0.3) is 0 Å². The van der Waals surface area contributed by atoms with Crippen molar-refractivity contribution in [3.8, 4) is 6.07 Å². The van der Waals surface area contributed by atoms with E-state index in [0.717, 1.165) is 14.2 Å². The Labute approximate surface area is 129 Å². The Balaban J connectivity index is 2.03. The molecule has 100 valence electrons. The van der Waals surface area contributed by atoms with E-state index in [1.165, 1.54) is 17.4 Å². The van der Waals surface area contributed by atoms with E-state index in [1.54, 1.807) is 0 Å². The molecule has 0 amide bonds. The molecule has 0 bridgehead atoms. The molecule has 0 fully saturated rings. The average Bonchev–Trinajstić information content (AvgIpc) is 2.88.